The highest BCUT2D eigenvalue weighted by molar-refractivity contribution is 7.92. The molecule has 2 fully saturated rings. The van der Waals surface area contributed by atoms with Gasteiger partial charge in [0.2, 0.25) is 15.9 Å². The molecule has 1 aromatic rings. The number of ether oxygens (including phenoxy) is 1. The molecule has 0 spiro atoms. The van der Waals surface area contributed by atoms with Crippen molar-refractivity contribution in [3.63, 3.8) is 0 Å². The highest BCUT2D eigenvalue weighted by atomic mass is 32.2. The zero-order valence-electron chi connectivity index (χ0n) is 15.6. The van der Waals surface area contributed by atoms with Crippen molar-refractivity contribution in [3.8, 4) is 5.75 Å². The lowest BCUT2D eigenvalue weighted by Crippen LogP contribution is -2.51. The van der Waals surface area contributed by atoms with Gasteiger partial charge in [0.15, 0.2) is 0 Å². The van der Waals surface area contributed by atoms with Crippen LogP contribution in [0, 0.1) is 11.8 Å². The van der Waals surface area contributed by atoms with Gasteiger partial charge in [-0.2, -0.15) is 0 Å². The summed E-state index contributed by atoms with van der Waals surface area (Å²) < 4.78 is 31.3. The number of hydrogen-bond acceptors (Lipinski definition) is 4. The van der Waals surface area contributed by atoms with Crippen molar-refractivity contribution < 1.29 is 17.9 Å². The van der Waals surface area contributed by atoms with Crippen LogP contribution in [-0.4, -0.2) is 39.3 Å². The molecule has 3 rings (SSSR count). The van der Waals surface area contributed by atoms with Crippen molar-refractivity contribution in [1.82, 2.24) is 5.32 Å². The molecule has 4 atom stereocenters. The molecule has 2 bridgehead atoms. The molecule has 0 saturated heterocycles. The average molecular weight is 381 g/mol. The first-order valence-electron chi connectivity index (χ1n) is 9.32. The Morgan fingerprint density at radius 2 is 1.96 bits per heavy atom. The van der Waals surface area contributed by atoms with E-state index in [1.807, 2.05) is 6.92 Å². The van der Waals surface area contributed by atoms with Crippen molar-refractivity contribution in [2.45, 2.75) is 51.6 Å². The summed E-state index contributed by atoms with van der Waals surface area (Å²) in [6.07, 6.45) is 5.76. The van der Waals surface area contributed by atoms with E-state index in [1.165, 1.54) is 23.6 Å². The molecule has 0 aliphatic heterocycles. The number of nitrogens with one attached hydrogen (secondary N) is 1. The standard InChI is InChI=1S/C19H28N2O4S/c1-4-25-17-9-7-16(8-10-17)21(26(3,23)24)13(2)19(22)20-18-12-14-5-6-15(18)11-14/h7-10,13-15,18H,4-6,11-12H2,1-3H3,(H,20,22)/t13-,14-,15-,18-/m1/s1. The van der Waals surface area contributed by atoms with Gasteiger partial charge in [-0.15, -0.1) is 0 Å². The quantitative estimate of drug-likeness (QED) is 0.789. The number of carbonyl (C=O) groups excluding carboxylic acids is 1. The first-order valence-corrected chi connectivity index (χ1v) is 11.2. The number of rotatable bonds is 7. The third-order valence-electron chi connectivity index (χ3n) is 5.56. The van der Waals surface area contributed by atoms with E-state index in [0.29, 0.717) is 24.0 Å². The van der Waals surface area contributed by atoms with Gasteiger partial charge in [-0.05, 0) is 69.2 Å². The number of amides is 1. The summed E-state index contributed by atoms with van der Waals surface area (Å²) in [5.41, 5.74) is 0.464. The number of carbonyl (C=O) groups is 1. The molecule has 1 aromatic carbocycles. The molecule has 26 heavy (non-hydrogen) atoms. The smallest absolute Gasteiger partial charge is 0.243 e. The fourth-order valence-corrected chi connectivity index (χ4v) is 5.56. The van der Waals surface area contributed by atoms with Crippen LogP contribution in [0.25, 0.3) is 0 Å². The second-order valence-corrected chi connectivity index (χ2v) is 9.31. The Labute approximate surface area is 156 Å². The summed E-state index contributed by atoms with van der Waals surface area (Å²) >= 11 is 0. The summed E-state index contributed by atoms with van der Waals surface area (Å²) in [4.78, 5) is 12.8. The normalized spacial score (nSPS) is 25.7. The van der Waals surface area contributed by atoms with Crippen LogP contribution >= 0.6 is 0 Å². The maximum Gasteiger partial charge on any atom is 0.243 e. The minimum absolute atomic E-state index is 0.186. The van der Waals surface area contributed by atoms with Gasteiger partial charge in [0.05, 0.1) is 18.6 Å². The molecule has 0 radical (unpaired) electrons. The van der Waals surface area contributed by atoms with Crippen molar-refractivity contribution >= 4 is 21.6 Å². The minimum Gasteiger partial charge on any atom is -0.494 e. The predicted octanol–water partition coefficient (Wildman–Crippen LogP) is 2.54. The maximum absolute atomic E-state index is 12.8. The van der Waals surface area contributed by atoms with Crippen molar-refractivity contribution in [1.29, 1.82) is 0 Å². The average Bonchev–Trinajstić information content (AvgIpc) is 3.18. The van der Waals surface area contributed by atoms with Gasteiger partial charge in [0, 0.05) is 6.04 Å². The SMILES string of the molecule is CCOc1ccc(N([C@H](C)C(=O)N[C@@H]2C[C@@H]3CC[C@@H]2C3)S(C)(=O)=O)cc1. The second-order valence-electron chi connectivity index (χ2n) is 7.45. The van der Waals surface area contributed by atoms with Gasteiger partial charge in [-0.3, -0.25) is 9.10 Å². The monoisotopic (exact) mass is 380 g/mol. The van der Waals surface area contributed by atoms with Crippen LogP contribution in [0.2, 0.25) is 0 Å². The van der Waals surface area contributed by atoms with Crippen molar-refractivity contribution in [3.05, 3.63) is 24.3 Å². The van der Waals surface area contributed by atoms with E-state index in [1.54, 1.807) is 31.2 Å². The number of nitrogens with zero attached hydrogens (tertiary/aromatic N) is 1. The lowest BCUT2D eigenvalue weighted by Gasteiger charge is -2.31. The van der Waals surface area contributed by atoms with Crippen molar-refractivity contribution in [2.75, 3.05) is 17.2 Å². The van der Waals surface area contributed by atoms with Crippen LogP contribution in [-0.2, 0) is 14.8 Å². The Kier molecular flexibility index (Phi) is 5.46. The van der Waals surface area contributed by atoms with Crippen LogP contribution in [0.3, 0.4) is 0 Å². The number of fused-ring (bicyclic) bond motifs is 2. The van der Waals surface area contributed by atoms with E-state index in [9.17, 15) is 13.2 Å². The van der Waals surface area contributed by atoms with Gasteiger partial charge in [-0.25, -0.2) is 8.42 Å². The topological polar surface area (TPSA) is 75.7 Å². The molecule has 0 unspecified atom stereocenters. The molecule has 2 saturated carbocycles. The van der Waals surface area contributed by atoms with Gasteiger partial charge in [0.1, 0.15) is 11.8 Å². The Bertz CT molecular complexity index is 747. The summed E-state index contributed by atoms with van der Waals surface area (Å²) in [5.74, 6) is 1.71. The number of benzene rings is 1. The first-order chi connectivity index (χ1) is 12.3. The zero-order valence-corrected chi connectivity index (χ0v) is 16.5. The molecule has 1 N–H and O–H groups in total. The molecule has 1 amide bonds. The minimum atomic E-state index is -3.60. The van der Waals surface area contributed by atoms with E-state index in [2.05, 4.69) is 5.32 Å². The molecule has 144 valence electrons. The Hall–Kier alpha value is -1.76. The van der Waals surface area contributed by atoms with Gasteiger partial charge >= 0.3 is 0 Å². The van der Waals surface area contributed by atoms with E-state index in [-0.39, 0.29) is 11.9 Å². The zero-order chi connectivity index (χ0) is 18.9. The highest BCUT2D eigenvalue weighted by Gasteiger charge is 2.41. The summed E-state index contributed by atoms with van der Waals surface area (Å²) in [6, 6.07) is 6.17. The number of hydrogen-bond donors (Lipinski definition) is 1. The predicted molar refractivity (Wildman–Crippen MR) is 102 cm³/mol. The molecular formula is C19H28N2O4S. The third kappa shape index (κ3) is 3.98. The molecule has 7 heteroatoms. The summed E-state index contributed by atoms with van der Waals surface area (Å²) in [5, 5.41) is 3.09. The van der Waals surface area contributed by atoms with Crippen LogP contribution in [0.15, 0.2) is 24.3 Å². The molecule has 0 heterocycles. The molecule has 6 nitrogen and oxygen atoms in total. The van der Waals surface area contributed by atoms with Crippen LogP contribution < -0.4 is 14.4 Å². The lowest BCUT2D eigenvalue weighted by molar-refractivity contribution is -0.122. The third-order valence-corrected chi connectivity index (χ3v) is 6.80. The van der Waals surface area contributed by atoms with E-state index in [0.717, 1.165) is 18.6 Å². The van der Waals surface area contributed by atoms with E-state index < -0.39 is 16.1 Å². The van der Waals surface area contributed by atoms with E-state index in [4.69, 9.17) is 4.74 Å². The highest BCUT2D eigenvalue weighted by Crippen LogP contribution is 2.44. The Morgan fingerprint density at radius 1 is 1.27 bits per heavy atom. The van der Waals surface area contributed by atoms with Crippen LogP contribution in [0.1, 0.15) is 39.5 Å². The Morgan fingerprint density at radius 3 is 2.46 bits per heavy atom. The first kappa shape index (κ1) is 19.0. The maximum atomic E-state index is 12.8. The number of sulfonamides is 1. The number of anilines is 1. The van der Waals surface area contributed by atoms with Crippen molar-refractivity contribution in [2.24, 2.45) is 11.8 Å². The Balaban J connectivity index is 1.75. The van der Waals surface area contributed by atoms with E-state index >= 15 is 0 Å². The molecule has 0 aromatic heterocycles. The van der Waals surface area contributed by atoms with Gasteiger partial charge in [-0.1, -0.05) is 6.42 Å². The molecule has 2 aliphatic carbocycles. The fraction of sp³-hybridized carbons (Fsp3) is 0.632. The van der Waals surface area contributed by atoms with Gasteiger partial charge < -0.3 is 10.1 Å². The largest absolute Gasteiger partial charge is 0.494 e. The molecular weight excluding hydrogens is 352 g/mol. The van der Waals surface area contributed by atoms with Gasteiger partial charge in [0.25, 0.3) is 0 Å². The fourth-order valence-electron chi connectivity index (χ4n) is 4.39. The summed E-state index contributed by atoms with van der Waals surface area (Å²) in [7, 11) is -3.60. The molecule has 2 aliphatic rings. The van der Waals surface area contributed by atoms with Crippen LogP contribution in [0.5, 0.6) is 5.75 Å². The lowest BCUT2D eigenvalue weighted by atomic mass is 9.95. The second kappa shape index (κ2) is 7.47. The summed E-state index contributed by atoms with van der Waals surface area (Å²) in [6.45, 7) is 4.07. The van der Waals surface area contributed by atoms with Crippen LogP contribution in [0.4, 0.5) is 5.69 Å².